The van der Waals surface area contributed by atoms with Crippen LogP contribution in [-0.4, -0.2) is 26.1 Å². The van der Waals surface area contributed by atoms with Crippen molar-refractivity contribution >= 4 is 11.6 Å². The Morgan fingerprint density at radius 2 is 2.24 bits per heavy atom. The number of fused-ring (bicyclic) bond motifs is 3. The molecule has 1 aromatic carbocycles. The second kappa shape index (κ2) is 4.04. The highest BCUT2D eigenvalue weighted by molar-refractivity contribution is 5.98. The molecule has 0 radical (unpaired) electrons. The molecule has 90 valence electrons. The molecule has 0 bridgehead atoms. The van der Waals surface area contributed by atoms with E-state index in [1.54, 1.807) is 7.11 Å². The van der Waals surface area contributed by atoms with Crippen LogP contribution in [0.25, 0.3) is 0 Å². The van der Waals surface area contributed by atoms with Crippen LogP contribution in [0.4, 0.5) is 5.69 Å². The second-order valence-corrected chi connectivity index (χ2v) is 4.62. The standard InChI is InChI=1S/C13H16N2O2/c1-17-11-4-2-3-9-8-5-6-14-7-10(8)13(16)15-12(9)11/h2-4,8,10,14H,5-7H2,1H3,(H,15,16). The Morgan fingerprint density at radius 1 is 1.35 bits per heavy atom. The largest absolute Gasteiger partial charge is 0.495 e. The van der Waals surface area contributed by atoms with Crippen LogP contribution in [0.1, 0.15) is 17.9 Å². The first-order chi connectivity index (χ1) is 8.31. The minimum Gasteiger partial charge on any atom is -0.495 e. The zero-order chi connectivity index (χ0) is 11.8. The van der Waals surface area contributed by atoms with Gasteiger partial charge >= 0.3 is 0 Å². The molecule has 4 heteroatoms. The number of para-hydroxylation sites is 1. The summed E-state index contributed by atoms with van der Waals surface area (Å²) in [6.07, 6.45) is 1.01. The molecule has 1 amide bonds. The number of amides is 1. The third kappa shape index (κ3) is 1.60. The van der Waals surface area contributed by atoms with E-state index >= 15 is 0 Å². The summed E-state index contributed by atoms with van der Waals surface area (Å²) >= 11 is 0. The third-order valence-electron chi connectivity index (χ3n) is 3.74. The van der Waals surface area contributed by atoms with Gasteiger partial charge in [-0.05, 0) is 24.6 Å². The lowest BCUT2D eigenvalue weighted by Crippen LogP contribution is -2.45. The van der Waals surface area contributed by atoms with Crippen LogP contribution < -0.4 is 15.4 Å². The number of hydrogen-bond acceptors (Lipinski definition) is 3. The van der Waals surface area contributed by atoms with E-state index in [2.05, 4.69) is 16.7 Å². The van der Waals surface area contributed by atoms with Crippen molar-refractivity contribution in [3.63, 3.8) is 0 Å². The average molecular weight is 232 g/mol. The van der Waals surface area contributed by atoms with Gasteiger partial charge in [0.15, 0.2) is 0 Å². The molecular formula is C13H16N2O2. The van der Waals surface area contributed by atoms with E-state index in [4.69, 9.17) is 4.74 Å². The summed E-state index contributed by atoms with van der Waals surface area (Å²) in [7, 11) is 1.64. The van der Waals surface area contributed by atoms with Gasteiger partial charge in [0, 0.05) is 12.5 Å². The van der Waals surface area contributed by atoms with E-state index in [0.717, 1.165) is 30.9 Å². The number of hydrogen-bond donors (Lipinski definition) is 2. The average Bonchev–Trinajstić information content (AvgIpc) is 2.39. The Hall–Kier alpha value is -1.55. The van der Waals surface area contributed by atoms with Gasteiger partial charge in [-0.25, -0.2) is 0 Å². The summed E-state index contributed by atoms with van der Waals surface area (Å²) in [4.78, 5) is 12.1. The van der Waals surface area contributed by atoms with E-state index in [9.17, 15) is 4.79 Å². The predicted molar refractivity (Wildman–Crippen MR) is 65.3 cm³/mol. The topological polar surface area (TPSA) is 50.4 Å². The summed E-state index contributed by atoms with van der Waals surface area (Å²) in [6, 6.07) is 5.98. The lowest BCUT2D eigenvalue weighted by atomic mass is 9.77. The number of anilines is 1. The highest BCUT2D eigenvalue weighted by atomic mass is 16.5. The van der Waals surface area contributed by atoms with Crippen LogP contribution in [-0.2, 0) is 4.79 Å². The SMILES string of the molecule is COc1cccc2c1NC(=O)C1CNCCC21. The van der Waals surface area contributed by atoms with Crippen LogP contribution in [0, 0.1) is 5.92 Å². The Labute approximate surface area is 100 Å². The fourth-order valence-electron chi connectivity index (χ4n) is 2.88. The van der Waals surface area contributed by atoms with Gasteiger partial charge in [0.25, 0.3) is 0 Å². The van der Waals surface area contributed by atoms with E-state index < -0.39 is 0 Å². The van der Waals surface area contributed by atoms with E-state index in [1.165, 1.54) is 5.56 Å². The highest BCUT2D eigenvalue weighted by Gasteiger charge is 2.38. The van der Waals surface area contributed by atoms with Gasteiger partial charge < -0.3 is 15.4 Å². The van der Waals surface area contributed by atoms with Gasteiger partial charge in [-0.2, -0.15) is 0 Å². The van der Waals surface area contributed by atoms with Gasteiger partial charge in [-0.15, -0.1) is 0 Å². The number of piperidine rings is 1. The summed E-state index contributed by atoms with van der Waals surface area (Å²) in [5, 5.41) is 6.26. The molecule has 17 heavy (non-hydrogen) atoms. The smallest absolute Gasteiger partial charge is 0.229 e. The van der Waals surface area contributed by atoms with Crippen molar-refractivity contribution in [2.24, 2.45) is 5.92 Å². The normalized spacial score (nSPS) is 26.8. The first-order valence-electron chi connectivity index (χ1n) is 5.99. The Bertz CT molecular complexity index is 459. The monoisotopic (exact) mass is 232 g/mol. The molecular weight excluding hydrogens is 216 g/mol. The summed E-state index contributed by atoms with van der Waals surface area (Å²) in [5.74, 6) is 1.26. The Balaban J connectivity index is 2.08. The van der Waals surface area contributed by atoms with Gasteiger partial charge in [0.1, 0.15) is 5.75 Å². The molecule has 2 N–H and O–H groups in total. The quantitative estimate of drug-likeness (QED) is 0.768. The summed E-state index contributed by atoms with van der Waals surface area (Å²) < 4.78 is 5.31. The maximum Gasteiger partial charge on any atom is 0.229 e. The van der Waals surface area contributed by atoms with E-state index in [1.807, 2.05) is 12.1 Å². The zero-order valence-corrected chi connectivity index (χ0v) is 9.82. The van der Waals surface area contributed by atoms with Crippen LogP contribution in [0.3, 0.4) is 0 Å². The number of carbonyl (C=O) groups excluding carboxylic acids is 1. The van der Waals surface area contributed by atoms with Gasteiger partial charge in [0.2, 0.25) is 5.91 Å². The maximum absolute atomic E-state index is 12.1. The minimum atomic E-state index is 0.0587. The van der Waals surface area contributed by atoms with Crippen molar-refractivity contribution < 1.29 is 9.53 Å². The van der Waals surface area contributed by atoms with Crippen molar-refractivity contribution in [2.75, 3.05) is 25.5 Å². The van der Waals surface area contributed by atoms with Crippen molar-refractivity contribution in [3.8, 4) is 5.75 Å². The first kappa shape index (κ1) is 10.6. The highest BCUT2D eigenvalue weighted by Crippen LogP contribution is 2.43. The molecule has 0 spiro atoms. The molecule has 1 fully saturated rings. The fourth-order valence-corrected chi connectivity index (χ4v) is 2.88. The number of ether oxygens (including phenoxy) is 1. The van der Waals surface area contributed by atoms with Crippen molar-refractivity contribution in [2.45, 2.75) is 12.3 Å². The molecule has 1 aromatic rings. The molecule has 0 aromatic heterocycles. The minimum absolute atomic E-state index is 0.0587. The van der Waals surface area contributed by atoms with Gasteiger partial charge in [0.05, 0.1) is 18.7 Å². The van der Waals surface area contributed by atoms with Crippen molar-refractivity contribution in [1.29, 1.82) is 0 Å². The molecule has 4 nitrogen and oxygen atoms in total. The van der Waals surface area contributed by atoms with E-state index in [0.29, 0.717) is 5.92 Å². The zero-order valence-electron chi connectivity index (χ0n) is 9.82. The Morgan fingerprint density at radius 3 is 3.06 bits per heavy atom. The molecule has 2 atom stereocenters. The number of rotatable bonds is 1. The Kier molecular flexibility index (Phi) is 2.52. The van der Waals surface area contributed by atoms with Crippen LogP contribution in [0.15, 0.2) is 18.2 Å². The summed E-state index contributed by atoms with van der Waals surface area (Å²) in [6.45, 7) is 1.75. The lowest BCUT2D eigenvalue weighted by Gasteiger charge is -2.37. The summed E-state index contributed by atoms with van der Waals surface area (Å²) in [5.41, 5.74) is 2.08. The third-order valence-corrected chi connectivity index (χ3v) is 3.74. The number of methoxy groups -OCH3 is 1. The second-order valence-electron chi connectivity index (χ2n) is 4.62. The molecule has 2 heterocycles. The van der Waals surface area contributed by atoms with Gasteiger partial charge in [-0.1, -0.05) is 12.1 Å². The van der Waals surface area contributed by atoms with E-state index in [-0.39, 0.29) is 11.8 Å². The first-order valence-corrected chi connectivity index (χ1v) is 5.99. The van der Waals surface area contributed by atoms with Crippen molar-refractivity contribution in [1.82, 2.24) is 5.32 Å². The fraction of sp³-hybridized carbons (Fsp3) is 0.462. The molecule has 2 aliphatic rings. The maximum atomic E-state index is 12.1. The molecule has 2 aliphatic heterocycles. The predicted octanol–water partition coefficient (Wildman–Crippen LogP) is 1.34. The van der Waals surface area contributed by atoms with Crippen LogP contribution >= 0.6 is 0 Å². The van der Waals surface area contributed by atoms with Crippen molar-refractivity contribution in [3.05, 3.63) is 23.8 Å². The van der Waals surface area contributed by atoms with Crippen LogP contribution in [0.2, 0.25) is 0 Å². The van der Waals surface area contributed by atoms with Gasteiger partial charge in [-0.3, -0.25) is 4.79 Å². The number of carbonyl (C=O) groups is 1. The molecule has 1 saturated heterocycles. The number of nitrogens with one attached hydrogen (secondary N) is 2. The lowest BCUT2D eigenvalue weighted by molar-refractivity contribution is -0.121. The van der Waals surface area contributed by atoms with Crippen LogP contribution in [0.5, 0.6) is 5.75 Å². The molecule has 0 aliphatic carbocycles. The number of benzene rings is 1. The molecule has 2 unspecified atom stereocenters. The molecule has 0 saturated carbocycles. The molecule has 3 rings (SSSR count).